The third-order valence-corrected chi connectivity index (χ3v) is 3.77. The molecule has 0 spiro atoms. The maximum Gasteiger partial charge on any atom is 0.00694 e. The van der Waals surface area contributed by atoms with Crippen LogP contribution in [0.1, 0.15) is 46.5 Å². The molecule has 1 aliphatic rings. The second-order valence-corrected chi connectivity index (χ2v) is 4.97. The lowest BCUT2D eigenvalue weighted by molar-refractivity contribution is 0.176. The summed E-state index contributed by atoms with van der Waals surface area (Å²) >= 11 is 0. The highest BCUT2D eigenvalue weighted by Gasteiger charge is 2.28. The van der Waals surface area contributed by atoms with E-state index in [4.69, 9.17) is 0 Å². The van der Waals surface area contributed by atoms with Crippen LogP contribution >= 0.6 is 0 Å². The molecule has 0 aliphatic heterocycles. The molecule has 1 fully saturated rings. The first kappa shape index (κ1) is 11.0. The molecular formula is C12H25N. The lowest BCUT2D eigenvalue weighted by Gasteiger charge is -2.36. The predicted octanol–water partition coefficient (Wildman–Crippen LogP) is 3.06. The zero-order valence-electron chi connectivity index (χ0n) is 9.64. The van der Waals surface area contributed by atoms with Gasteiger partial charge in [-0.05, 0) is 44.1 Å². The molecule has 3 atom stereocenters. The second-order valence-electron chi connectivity index (χ2n) is 4.97. The Morgan fingerprint density at radius 3 is 2.38 bits per heavy atom. The van der Waals surface area contributed by atoms with Crippen LogP contribution in [0.5, 0.6) is 0 Å². The third-order valence-electron chi connectivity index (χ3n) is 3.77. The van der Waals surface area contributed by atoms with Crippen LogP contribution in [0.15, 0.2) is 0 Å². The number of hydrogen-bond donors (Lipinski definition) is 1. The van der Waals surface area contributed by atoms with Crippen molar-refractivity contribution in [2.75, 3.05) is 7.05 Å². The van der Waals surface area contributed by atoms with E-state index in [1.165, 1.54) is 25.7 Å². The number of hydrogen-bond acceptors (Lipinski definition) is 1. The van der Waals surface area contributed by atoms with E-state index in [9.17, 15) is 0 Å². The third kappa shape index (κ3) is 2.98. The Balaban J connectivity index is 2.49. The molecule has 0 amide bonds. The summed E-state index contributed by atoms with van der Waals surface area (Å²) in [5.41, 5.74) is 0. The molecule has 1 heteroatoms. The maximum atomic E-state index is 3.45. The molecule has 13 heavy (non-hydrogen) atoms. The van der Waals surface area contributed by atoms with Crippen molar-refractivity contribution >= 4 is 0 Å². The summed E-state index contributed by atoms with van der Waals surface area (Å²) in [5.74, 6) is 2.79. The van der Waals surface area contributed by atoms with Gasteiger partial charge in [-0.2, -0.15) is 0 Å². The summed E-state index contributed by atoms with van der Waals surface area (Å²) in [7, 11) is 2.11. The first-order chi connectivity index (χ1) is 6.17. The molecule has 1 N–H and O–H groups in total. The van der Waals surface area contributed by atoms with Crippen molar-refractivity contribution in [3.63, 3.8) is 0 Å². The van der Waals surface area contributed by atoms with E-state index in [2.05, 4.69) is 33.1 Å². The van der Waals surface area contributed by atoms with Gasteiger partial charge in [-0.15, -0.1) is 0 Å². The number of rotatable bonds is 3. The van der Waals surface area contributed by atoms with Crippen molar-refractivity contribution in [1.82, 2.24) is 5.32 Å². The van der Waals surface area contributed by atoms with Crippen LogP contribution in [-0.2, 0) is 0 Å². The molecule has 0 radical (unpaired) electrons. The minimum Gasteiger partial charge on any atom is -0.317 e. The maximum absolute atomic E-state index is 3.45. The highest BCUT2D eigenvalue weighted by molar-refractivity contribution is 4.82. The van der Waals surface area contributed by atoms with Crippen LogP contribution < -0.4 is 5.32 Å². The molecule has 3 unspecified atom stereocenters. The Morgan fingerprint density at radius 1 is 1.23 bits per heavy atom. The summed E-state index contributed by atoms with van der Waals surface area (Å²) in [4.78, 5) is 0. The average molecular weight is 183 g/mol. The summed E-state index contributed by atoms with van der Waals surface area (Å²) in [6.07, 6.45) is 5.62. The van der Waals surface area contributed by atoms with Gasteiger partial charge in [0.25, 0.3) is 0 Å². The molecule has 0 aromatic carbocycles. The molecule has 1 rings (SSSR count). The second kappa shape index (κ2) is 4.99. The quantitative estimate of drug-likeness (QED) is 0.709. The van der Waals surface area contributed by atoms with E-state index >= 15 is 0 Å². The lowest BCUT2D eigenvalue weighted by Crippen LogP contribution is -2.36. The SMILES string of the molecule is CCC1CC(NC)CC(C(C)C)C1. The zero-order chi connectivity index (χ0) is 9.84. The van der Waals surface area contributed by atoms with Gasteiger partial charge in [0.1, 0.15) is 0 Å². The molecule has 1 aliphatic carbocycles. The van der Waals surface area contributed by atoms with Gasteiger partial charge in [0.15, 0.2) is 0 Å². The van der Waals surface area contributed by atoms with Gasteiger partial charge < -0.3 is 5.32 Å². The van der Waals surface area contributed by atoms with E-state index < -0.39 is 0 Å². The van der Waals surface area contributed by atoms with Crippen molar-refractivity contribution in [3.05, 3.63) is 0 Å². The molecule has 1 nitrogen and oxygen atoms in total. The van der Waals surface area contributed by atoms with E-state index in [1.54, 1.807) is 0 Å². The minimum absolute atomic E-state index is 0.783. The van der Waals surface area contributed by atoms with E-state index in [0.717, 1.165) is 23.8 Å². The molecule has 0 saturated heterocycles. The Bertz CT molecular complexity index is 130. The molecule has 0 aromatic rings. The molecule has 0 heterocycles. The highest BCUT2D eigenvalue weighted by atomic mass is 14.9. The average Bonchev–Trinajstić information content (AvgIpc) is 2.16. The van der Waals surface area contributed by atoms with E-state index in [1.807, 2.05) is 0 Å². The Morgan fingerprint density at radius 2 is 1.92 bits per heavy atom. The lowest BCUT2D eigenvalue weighted by atomic mass is 9.73. The van der Waals surface area contributed by atoms with Gasteiger partial charge in [-0.3, -0.25) is 0 Å². The largest absolute Gasteiger partial charge is 0.317 e. The van der Waals surface area contributed by atoms with Gasteiger partial charge in [0.2, 0.25) is 0 Å². The van der Waals surface area contributed by atoms with Crippen molar-refractivity contribution in [3.8, 4) is 0 Å². The van der Waals surface area contributed by atoms with Crippen LogP contribution in [0, 0.1) is 17.8 Å². The highest BCUT2D eigenvalue weighted by Crippen LogP contribution is 2.35. The Hall–Kier alpha value is -0.0400. The van der Waals surface area contributed by atoms with Crippen LogP contribution in [-0.4, -0.2) is 13.1 Å². The first-order valence-corrected chi connectivity index (χ1v) is 5.84. The molecule has 1 saturated carbocycles. The van der Waals surface area contributed by atoms with Crippen LogP contribution in [0.2, 0.25) is 0 Å². The predicted molar refractivity (Wildman–Crippen MR) is 58.8 cm³/mol. The molecule has 0 bridgehead atoms. The van der Waals surface area contributed by atoms with Crippen LogP contribution in [0.3, 0.4) is 0 Å². The zero-order valence-corrected chi connectivity index (χ0v) is 9.64. The van der Waals surface area contributed by atoms with Gasteiger partial charge in [-0.1, -0.05) is 27.2 Å². The topological polar surface area (TPSA) is 12.0 Å². The summed E-state index contributed by atoms with van der Waals surface area (Å²) in [6.45, 7) is 7.07. The van der Waals surface area contributed by atoms with Crippen molar-refractivity contribution < 1.29 is 0 Å². The number of nitrogens with one attached hydrogen (secondary N) is 1. The molecular weight excluding hydrogens is 158 g/mol. The Kier molecular flexibility index (Phi) is 4.24. The fourth-order valence-electron chi connectivity index (χ4n) is 2.60. The summed E-state index contributed by atoms with van der Waals surface area (Å²) < 4.78 is 0. The van der Waals surface area contributed by atoms with Gasteiger partial charge in [-0.25, -0.2) is 0 Å². The van der Waals surface area contributed by atoms with E-state index in [-0.39, 0.29) is 0 Å². The molecule has 0 aromatic heterocycles. The van der Waals surface area contributed by atoms with Gasteiger partial charge >= 0.3 is 0 Å². The van der Waals surface area contributed by atoms with Crippen molar-refractivity contribution in [2.45, 2.75) is 52.5 Å². The van der Waals surface area contributed by atoms with Crippen LogP contribution in [0.4, 0.5) is 0 Å². The first-order valence-electron chi connectivity index (χ1n) is 5.84. The van der Waals surface area contributed by atoms with Gasteiger partial charge in [0.05, 0.1) is 0 Å². The summed E-state index contributed by atoms with van der Waals surface area (Å²) in [6, 6.07) is 0.783. The fraction of sp³-hybridized carbons (Fsp3) is 1.00. The Labute approximate surface area is 83.3 Å². The van der Waals surface area contributed by atoms with Gasteiger partial charge in [0, 0.05) is 6.04 Å². The van der Waals surface area contributed by atoms with Crippen molar-refractivity contribution in [1.29, 1.82) is 0 Å². The smallest absolute Gasteiger partial charge is 0.00694 e. The standard InChI is InChI=1S/C12H25N/c1-5-10-6-11(9(2)3)8-12(7-10)13-4/h9-13H,5-8H2,1-4H3. The van der Waals surface area contributed by atoms with Crippen LogP contribution in [0.25, 0.3) is 0 Å². The summed E-state index contributed by atoms with van der Waals surface area (Å²) in [5, 5.41) is 3.45. The normalized spacial score (nSPS) is 35.3. The van der Waals surface area contributed by atoms with Crippen molar-refractivity contribution in [2.24, 2.45) is 17.8 Å². The monoisotopic (exact) mass is 183 g/mol. The molecule has 78 valence electrons. The fourth-order valence-corrected chi connectivity index (χ4v) is 2.60. The minimum atomic E-state index is 0.783. The van der Waals surface area contributed by atoms with E-state index in [0.29, 0.717) is 0 Å².